The van der Waals surface area contributed by atoms with Gasteiger partial charge in [0, 0.05) is 11.8 Å². The van der Waals surface area contributed by atoms with E-state index in [2.05, 4.69) is 11.3 Å². The van der Waals surface area contributed by atoms with E-state index in [0.29, 0.717) is 0 Å². The van der Waals surface area contributed by atoms with Crippen molar-refractivity contribution in [3.63, 3.8) is 0 Å². The van der Waals surface area contributed by atoms with Crippen molar-refractivity contribution >= 4 is 35.6 Å². The first-order valence-corrected chi connectivity index (χ1v) is 9.42. The van der Waals surface area contributed by atoms with Crippen LogP contribution >= 0.6 is 11.8 Å². The van der Waals surface area contributed by atoms with Crippen molar-refractivity contribution in [3.8, 4) is 0 Å². The van der Waals surface area contributed by atoms with Gasteiger partial charge in [0.2, 0.25) is 0 Å². The lowest BCUT2D eigenvalue weighted by atomic mass is 10.3. The van der Waals surface area contributed by atoms with Gasteiger partial charge in [0.05, 0.1) is 19.3 Å². The maximum Gasteiger partial charge on any atom is 0.330 e. The molecule has 0 saturated carbocycles. The molecule has 148 valence electrons. The number of carbonyl (C=O) groups excluding carboxylic acids is 4. The molecule has 0 aliphatic heterocycles. The van der Waals surface area contributed by atoms with Gasteiger partial charge < -0.3 is 18.9 Å². The van der Waals surface area contributed by atoms with Crippen molar-refractivity contribution in [1.29, 1.82) is 0 Å². The molecule has 0 rings (SSSR count). The van der Waals surface area contributed by atoms with Crippen LogP contribution in [-0.4, -0.2) is 61.3 Å². The summed E-state index contributed by atoms with van der Waals surface area (Å²) in [6.07, 6.45) is 0.446. The number of ether oxygens (including phenoxy) is 4. The Morgan fingerprint density at radius 2 is 1.50 bits per heavy atom. The molecule has 0 saturated heterocycles. The van der Waals surface area contributed by atoms with Gasteiger partial charge in [-0.05, 0) is 12.7 Å². The van der Waals surface area contributed by atoms with Gasteiger partial charge in [-0.2, -0.15) is 11.8 Å². The average molecular weight is 390 g/mol. The predicted octanol–water partition coefficient (Wildman–Crippen LogP) is 1.66. The van der Waals surface area contributed by atoms with Crippen LogP contribution in [0, 0.1) is 0 Å². The highest BCUT2D eigenvalue weighted by Gasteiger charge is 2.12. The van der Waals surface area contributed by atoms with Gasteiger partial charge in [0.25, 0.3) is 0 Å². The van der Waals surface area contributed by atoms with Crippen LogP contribution in [0.4, 0.5) is 0 Å². The van der Waals surface area contributed by atoms with E-state index in [9.17, 15) is 19.2 Å². The molecule has 0 aromatic heterocycles. The third-order valence-corrected chi connectivity index (χ3v) is 3.86. The molecule has 0 aromatic rings. The first-order chi connectivity index (χ1) is 12.4. The fourth-order valence-corrected chi connectivity index (χ4v) is 2.19. The predicted molar refractivity (Wildman–Crippen MR) is 95.5 cm³/mol. The quantitative estimate of drug-likeness (QED) is 0.189. The average Bonchev–Trinajstić information content (AvgIpc) is 2.61. The number of esters is 4. The second-order valence-corrected chi connectivity index (χ2v) is 6.34. The zero-order valence-electron chi connectivity index (χ0n) is 15.2. The zero-order valence-corrected chi connectivity index (χ0v) is 16.0. The minimum atomic E-state index is -0.613. The standard InChI is InChI=1S/C17H26O8S/c1-4-14(18)23-10-11-24-16(20)7-6-15(19)22-9-8-17(21)25-13(3)12-26-5-2/h4,13H,1,5-12H2,2-3H3. The van der Waals surface area contributed by atoms with Gasteiger partial charge in [0.1, 0.15) is 25.9 Å². The molecular weight excluding hydrogens is 364 g/mol. The fraction of sp³-hybridized carbons (Fsp3) is 0.647. The monoisotopic (exact) mass is 390 g/mol. The largest absolute Gasteiger partial charge is 0.465 e. The van der Waals surface area contributed by atoms with Crippen LogP contribution in [0.3, 0.4) is 0 Å². The summed E-state index contributed by atoms with van der Waals surface area (Å²) in [5.41, 5.74) is 0. The molecule has 26 heavy (non-hydrogen) atoms. The lowest BCUT2D eigenvalue weighted by molar-refractivity contribution is -0.154. The van der Waals surface area contributed by atoms with E-state index in [1.807, 2.05) is 6.92 Å². The van der Waals surface area contributed by atoms with Crippen LogP contribution in [0.5, 0.6) is 0 Å². The van der Waals surface area contributed by atoms with E-state index in [-0.39, 0.29) is 45.2 Å². The number of carbonyl (C=O) groups is 4. The summed E-state index contributed by atoms with van der Waals surface area (Å²) in [5, 5.41) is 0. The lowest BCUT2D eigenvalue weighted by Gasteiger charge is -2.12. The minimum absolute atomic E-state index is 0.0357. The Morgan fingerprint density at radius 3 is 2.08 bits per heavy atom. The highest BCUT2D eigenvalue weighted by Crippen LogP contribution is 2.06. The maximum atomic E-state index is 11.5. The van der Waals surface area contributed by atoms with Crippen LogP contribution in [0.15, 0.2) is 12.7 Å². The molecule has 0 fully saturated rings. The van der Waals surface area contributed by atoms with Crippen LogP contribution in [0.2, 0.25) is 0 Å². The second kappa shape index (κ2) is 15.2. The van der Waals surface area contributed by atoms with E-state index in [0.717, 1.165) is 17.6 Å². The number of thioether (sulfide) groups is 1. The molecule has 0 radical (unpaired) electrons. The van der Waals surface area contributed by atoms with Crippen LogP contribution < -0.4 is 0 Å². The van der Waals surface area contributed by atoms with Crippen molar-refractivity contribution in [3.05, 3.63) is 12.7 Å². The van der Waals surface area contributed by atoms with Gasteiger partial charge in [0.15, 0.2) is 0 Å². The van der Waals surface area contributed by atoms with Gasteiger partial charge >= 0.3 is 23.9 Å². The van der Waals surface area contributed by atoms with E-state index in [1.54, 1.807) is 18.7 Å². The SMILES string of the molecule is C=CC(=O)OCCOC(=O)CCC(=O)OCCC(=O)OC(C)CSCC. The molecule has 1 unspecified atom stereocenters. The Bertz CT molecular complexity index is 477. The number of hydrogen-bond acceptors (Lipinski definition) is 9. The van der Waals surface area contributed by atoms with Crippen LogP contribution in [-0.2, 0) is 38.1 Å². The second-order valence-electron chi connectivity index (χ2n) is 5.02. The van der Waals surface area contributed by atoms with Crippen LogP contribution in [0.1, 0.15) is 33.1 Å². The third-order valence-electron chi connectivity index (χ3n) is 2.75. The topological polar surface area (TPSA) is 105 Å². The van der Waals surface area contributed by atoms with Crippen molar-refractivity contribution < 1.29 is 38.1 Å². The number of hydrogen-bond donors (Lipinski definition) is 0. The first kappa shape index (κ1) is 24.0. The molecule has 0 heterocycles. The normalized spacial score (nSPS) is 11.2. The van der Waals surface area contributed by atoms with Crippen molar-refractivity contribution in [2.45, 2.75) is 39.2 Å². The molecule has 0 spiro atoms. The number of rotatable bonds is 14. The van der Waals surface area contributed by atoms with E-state index in [1.165, 1.54) is 0 Å². The molecule has 0 bridgehead atoms. The molecule has 0 N–H and O–H groups in total. The molecule has 0 aliphatic rings. The van der Waals surface area contributed by atoms with E-state index in [4.69, 9.17) is 14.2 Å². The zero-order chi connectivity index (χ0) is 19.8. The van der Waals surface area contributed by atoms with E-state index < -0.39 is 23.9 Å². The maximum absolute atomic E-state index is 11.5. The van der Waals surface area contributed by atoms with Crippen molar-refractivity contribution in [2.24, 2.45) is 0 Å². The summed E-state index contributed by atoms with van der Waals surface area (Å²) in [6, 6.07) is 0. The lowest BCUT2D eigenvalue weighted by Crippen LogP contribution is -2.19. The Hall–Kier alpha value is -2.03. The van der Waals surface area contributed by atoms with Gasteiger partial charge in [-0.25, -0.2) is 4.79 Å². The highest BCUT2D eigenvalue weighted by molar-refractivity contribution is 7.99. The summed E-state index contributed by atoms with van der Waals surface area (Å²) < 4.78 is 19.4. The molecular formula is C17H26O8S. The van der Waals surface area contributed by atoms with Gasteiger partial charge in [-0.1, -0.05) is 13.5 Å². The first-order valence-electron chi connectivity index (χ1n) is 8.26. The summed E-state index contributed by atoms with van der Waals surface area (Å²) in [7, 11) is 0. The molecule has 1 atom stereocenters. The summed E-state index contributed by atoms with van der Waals surface area (Å²) in [4.78, 5) is 45.2. The molecule has 8 nitrogen and oxygen atoms in total. The van der Waals surface area contributed by atoms with Crippen molar-refractivity contribution in [1.82, 2.24) is 0 Å². The fourth-order valence-electron chi connectivity index (χ4n) is 1.55. The smallest absolute Gasteiger partial charge is 0.330 e. The summed E-state index contributed by atoms with van der Waals surface area (Å²) in [5.74, 6) is -0.600. The Labute approximate surface area is 157 Å². The molecule has 0 aromatic carbocycles. The molecule has 9 heteroatoms. The Balaban J connectivity index is 3.69. The van der Waals surface area contributed by atoms with Gasteiger partial charge in [-0.3, -0.25) is 14.4 Å². The van der Waals surface area contributed by atoms with Crippen molar-refractivity contribution in [2.75, 3.05) is 31.3 Å². The Kier molecular flexibility index (Phi) is 14.1. The minimum Gasteiger partial charge on any atom is -0.465 e. The molecule has 0 aliphatic carbocycles. The summed E-state index contributed by atoms with van der Waals surface area (Å²) in [6.45, 7) is 6.76. The Morgan fingerprint density at radius 1 is 0.923 bits per heavy atom. The summed E-state index contributed by atoms with van der Waals surface area (Å²) >= 11 is 1.67. The highest BCUT2D eigenvalue weighted by atomic mass is 32.2. The van der Waals surface area contributed by atoms with Crippen LogP contribution in [0.25, 0.3) is 0 Å². The molecule has 0 amide bonds. The third kappa shape index (κ3) is 14.3. The van der Waals surface area contributed by atoms with E-state index >= 15 is 0 Å². The van der Waals surface area contributed by atoms with Gasteiger partial charge in [-0.15, -0.1) is 0 Å².